The molecule has 0 fully saturated rings. The molecular weight excluding hydrogens is 478 g/mol. The highest BCUT2D eigenvalue weighted by Crippen LogP contribution is 2.40. The van der Waals surface area contributed by atoms with E-state index in [1.807, 2.05) is 42.5 Å². The topological polar surface area (TPSA) is 35.1 Å². The van der Waals surface area contributed by atoms with Crippen LogP contribution in [0.2, 0.25) is 0 Å². The first-order chi connectivity index (χ1) is 18.7. The van der Waals surface area contributed by atoms with Gasteiger partial charge in [-0.25, -0.2) is 4.98 Å². The number of aromatic nitrogens is 4. The minimum Gasteiger partial charge on any atom is -0.277 e. The molecule has 8 aromatic rings. The summed E-state index contributed by atoms with van der Waals surface area (Å²) in [7, 11) is 0. The summed E-state index contributed by atoms with van der Waals surface area (Å²) < 4.78 is 32.5. The van der Waals surface area contributed by atoms with Gasteiger partial charge in [-0.3, -0.25) is 8.97 Å². The summed E-state index contributed by atoms with van der Waals surface area (Å²) >= 11 is 0. The fourth-order valence-corrected chi connectivity index (χ4v) is 5.73. The third-order valence-corrected chi connectivity index (χ3v) is 7.30. The van der Waals surface area contributed by atoms with Crippen LogP contribution in [0.15, 0.2) is 109 Å². The Morgan fingerprint density at radius 2 is 1.26 bits per heavy atom. The van der Waals surface area contributed by atoms with Crippen molar-refractivity contribution in [2.45, 2.75) is 0 Å². The van der Waals surface area contributed by atoms with Crippen molar-refractivity contribution < 1.29 is 8.78 Å². The van der Waals surface area contributed by atoms with Gasteiger partial charge in [0.15, 0.2) is 0 Å². The summed E-state index contributed by atoms with van der Waals surface area (Å²) in [4.78, 5) is 8.45. The lowest BCUT2D eigenvalue weighted by Gasteiger charge is -2.12. The van der Waals surface area contributed by atoms with Crippen LogP contribution in [0, 0.1) is 11.9 Å². The van der Waals surface area contributed by atoms with Crippen LogP contribution in [0.1, 0.15) is 0 Å². The Morgan fingerprint density at radius 3 is 2.03 bits per heavy atom. The zero-order valence-electron chi connectivity index (χ0n) is 19.9. The van der Waals surface area contributed by atoms with Gasteiger partial charge in [0.25, 0.3) is 0 Å². The van der Waals surface area contributed by atoms with E-state index in [4.69, 9.17) is 4.98 Å². The zero-order chi connectivity index (χ0) is 25.4. The van der Waals surface area contributed by atoms with Gasteiger partial charge in [-0.2, -0.15) is 13.8 Å². The molecule has 4 nitrogen and oxygen atoms in total. The molecule has 0 radical (unpaired) electrons. The van der Waals surface area contributed by atoms with E-state index in [0.717, 1.165) is 49.7 Å². The van der Waals surface area contributed by atoms with Gasteiger partial charge in [0.2, 0.25) is 17.7 Å². The molecule has 0 N–H and O–H groups in total. The lowest BCUT2D eigenvalue weighted by atomic mass is 9.99. The maximum absolute atomic E-state index is 14.7. The van der Waals surface area contributed by atoms with Crippen molar-refractivity contribution in [2.75, 3.05) is 0 Å². The first kappa shape index (κ1) is 21.0. The molecule has 8 rings (SSSR count). The Balaban J connectivity index is 1.58. The Morgan fingerprint density at radius 1 is 0.579 bits per heavy atom. The van der Waals surface area contributed by atoms with Crippen LogP contribution in [-0.4, -0.2) is 18.9 Å². The molecule has 38 heavy (non-hydrogen) atoms. The molecule has 0 aliphatic rings. The summed E-state index contributed by atoms with van der Waals surface area (Å²) in [6, 6.07) is 35.1. The van der Waals surface area contributed by atoms with E-state index < -0.39 is 11.9 Å². The predicted octanol–water partition coefficient (Wildman–Crippen LogP) is 8.08. The molecule has 180 valence electrons. The Hall–Kier alpha value is -5.10. The second-order valence-electron chi connectivity index (χ2n) is 9.38. The van der Waals surface area contributed by atoms with Gasteiger partial charge in [-0.15, -0.1) is 0 Å². The summed E-state index contributed by atoms with van der Waals surface area (Å²) in [6.07, 6.45) is 0. The summed E-state index contributed by atoms with van der Waals surface area (Å²) in [5.41, 5.74) is 5.64. The van der Waals surface area contributed by atoms with Crippen molar-refractivity contribution in [1.29, 1.82) is 0 Å². The van der Waals surface area contributed by atoms with Crippen LogP contribution < -0.4 is 0 Å². The van der Waals surface area contributed by atoms with Crippen LogP contribution in [0.3, 0.4) is 0 Å². The number of halogens is 2. The first-order valence-corrected chi connectivity index (χ1v) is 12.3. The van der Waals surface area contributed by atoms with Gasteiger partial charge >= 0.3 is 0 Å². The molecule has 5 aromatic carbocycles. The van der Waals surface area contributed by atoms with Crippen molar-refractivity contribution in [3.8, 4) is 16.8 Å². The molecule has 0 saturated carbocycles. The van der Waals surface area contributed by atoms with E-state index in [1.165, 1.54) is 17.5 Å². The molecular formula is C32H18F2N4. The lowest BCUT2D eigenvalue weighted by molar-refractivity contribution is 0.515. The smallest absolute Gasteiger partial charge is 0.223 e. The third kappa shape index (κ3) is 2.82. The van der Waals surface area contributed by atoms with E-state index in [9.17, 15) is 8.78 Å². The lowest BCUT2D eigenvalue weighted by Crippen LogP contribution is -1.98. The molecule has 6 heteroatoms. The number of benzene rings is 5. The van der Waals surface area contributed by atoms with E-state index in [-0.39, 0.29) is 5.56 Å². The number of hydrogen-bond acceptors (Lipinski definition) is 2. The second kappa shape index (κ2) is 7.70. The number of para-hydroxylation sites is 2. The van der Waals surface area contributed by atoms with Crippen LogP contribution in [-0.2, 0) is 0 Å². The number of pyridine rings is 1. The Bertz CT molecular complexity index is 2230. The molecule has 0 bridgehead atoms. The number of rotatable bonds is 2. The third-order valence-electron chi connectivity index (χ3n) is 7.30. The van der Waals surface area contributed by atoms with Gasteiger partial charge in [0.05, 0.1) is 22.1 Å². The molecule has 0 aliphatic heterocycles. The van der Waals surface area contributed by atoms with Crippen molar-refractivity contribution in [3.63, 3.8) is 0 Å². The summed E-state index contributed by atoms with van der Waals surface area (Å²) in [5.74, 6) is -0.923. The average Bonchev–Trinajstić information content (AvgIpc) is 3.48. The monoisotopic (exact) mass is 496 g/mol. The number of fused-ring (bicyclic) bond motifs is 10. The van der Waals surface area contributed by atoms with Crippen molar-refractivity contribution in [1.82, 2.24) is 18.9 Å². The highest BCUT2D eigenvalue weighted by Gasteiger charge is 2.22. The number of hydrogen-bond donors (Lipinski definition) is 0. The van der Waals surface area contributed by atoms with Crippen molar-refractivity contribution in [2.24, 2.45) is 0 Å². The number of nitrogens with zero attached hydrogens (tertiary/aromatic N) is 4. The maximum atomic E-state index is 14.7. The van der Waals surface area contributed by atoms with Gasteiger partial charge in [-0.05, 0) is 52.7 Å². The van der Waals surface area contributed by atoms with Crippen LogP contribution >= 0.6 is 0 Å². The van der Waals surface area contributed by atoms with Crippen LogP contribution in [0.5, 0.6) is 0 Å². The minimum absolute atomic E-state index is 0.240. The molecule has 0 aliphatic carbocycles. The highest BCUT2D eigenvalue weighted by atomic mass is 19.1. The van der Waals surface area contributed by atoms with Gasteiger partial charge < -0.3 is 0 Å². The SMILES string of the molecule is Fc1ccc(-c2cccc(-n3c4c5ccccc5c5ccccc5c4n4c5ccccc5nc34)c2)c(F)n1. The number of imidazole rings is 2. The Labute approximate surface area is 215 Å². The molecule has 3 aromatic heterocycles. The van der Waals surface area contributed by atoms with Crippen LogP contribution in [0.25, 0.3) is 66.2 Å². The predicted molar refractivity (Wildman–Crippen MR) is 148 cm³/mol. The van der Waals surface area contributed by atoms with Crippen molar-refractivity contribution >= 4 is 49.4 Å². The fraction of sp³-hybridized carbons (Fsp3) is 0. The highest BCUT2D eigenvalue weighted by molar-refractivity contribution is 6.25. The molecule has 0 spiro atoms. The van der Waals surface area contributed by atoms with E-state index in [2.05, 4.69) is 62.5 Å². The second-order valence-corrected chi connectivity index (χ2v) is 9.38. The molecule has 0 saturated heterocycles. The quantitative estimate of drug-likeness (QED) is 0.179. The van der Waals surface area contributed by atoms with E-state index in [1.54, 1.807) is 6.07 Å². The van der Waals surface area contributed by atoms with Gasteiger partial charge in [-0.1, -0.05) is 72.8 Å². The molecule has 0 unspecified atom stereocenters. The van der Waals surface area contributed by atoms with Crippen molar-refractivity contribution in [3.05, 3.63) is 121 Å². The largest absolute Gasteiger partial charge is 0.277 e. The molecule has 0 atom stereocenters. The van der Waals surface area contributed by atoms with Crippen LogP contribution in [0.4, 0.5) is 8.78 Å². The fourth-order valence-electron chi connectivity index (χ4n) is 5.73. The van der Waals surface area contributed by atoms with Gasteiger partial charge in [0.1, 0.15) is 0 Å². The standard InChI is InChI=1S/C32H18F2N4/c33-28-17-16-21(31(34)36-28)19-8-7-9-20(18-19)37-29-24-12-3-1-10-22(24)23-11-2-4-13-25(23)30(29)38-27-15-6-5-14-26(27)35-32(37)38/h1-18H. The normalized spacial score (nSPS) is 11.9. The molecule has 0 amide bonds. The van der Waals surface area contributed by atoms with Gasteiger partial charge in [0, 0.05) is 22.0 Å². The maximum Gasteiger partial charge on any atom is 0.223 e. The van der Waals surface area contributed by atoms with E-state index >= 15 is 0 Å². The molecule has 3 heterocycles. The van der Waals surface area contributed by atoms with E-state index in [0.29, 0.717) is 5.56 Å². The summed E-state index contributed by atoms with van der Waals surface area (Å²) in [6.45, 7) is 0. The first-order valence-electron chi connectivity index (χ1n) is 12.3. The summed E-state index contributed by atoms with van der Waals surface area (Å²) in [5, 5.41) is 4.53. The minimum atomic E-state index is -0.844. The zero-order valence-corrected chi connectivity index (χ0v) is 19.9. The average molecular weight is 497 g/mol. The Kier molecular flexibility index (Phi) is 4.26.